The van der Waals surface area contributed by atoms with Crippen molar-refractivity contribution in [2.24, 2.45) is 0 Å². The minimum atomic E-state index is 0.703. The average molecular weight is 241 g/mol. The number of hydrogen-bond donors (Lipinski definition) is 1. The molecular formula is C16H19NO. The van der Waals surface area contributed by atoms with Gasteiger partial charge in [0, 0.05) is 12.2 Å². The highest BCUT2D eigenvalue weighted by Crippen LogP contribution is 2.15. The highest BCUT2D eigenvalue weighted by atomic mass is 16.5. The molecule has 0 fully saturated rings. The zero-order chi connectivity index (χ0) is 12.8. The first-order valence-electron chi connectivity index (χ1n) is 6.30. The fourth-order valence-electron chi connectivity index (χ4n) is 1.79. The summed E-state index contributed by atoms with van der Waals surface area (Å²) in [4.78, 5) is 0. The van der Waals surface area contributed by atoms with E-state index in [1.807, 2.05) is 19.1 Å². The molecule has 0 aliphatic carbocycles. The first-order chi connectivity index (χ1) is 8.78. The minimum absolute atomic E-state index is 0.703. The predicted molar refractivity (Wildman–Crippen MR) is 76.1 cm³/mol. The summed E-state index contributed by atoms with van der Waals surface area (Å²) in [6.07, 6.45) is 0. The molecule has 2 aromatic rings. The Morgan fingerprint density at radius 3 is 2.56 bits per heavy atom. The van der Waals surface area contributed by atoms with Gasteiger partial charge in [0.25, 0.3) is 0 Å². The molecule has 0 aliphatic rings. The van der Waals surface area contributed by atoms with E-state index in [0.717, 1.165) is 18.0 Å². The van der Waals surface area contributed by atoms with Gasteiger partial charge in [-0.1, -0.05) is 29.8 Å². The first-order valence-corrected chi connectivity index (χ1v) is 6.30. The molecule has 0 atom stereocenters. The molecule has 0 saturated carbocycles. The Bertz CT molecular complexity index is 491. The molecule has 0 spiro atoms. The Kier molecular flexibility index (Phi) is 4.24. The van der Waals surface area contributed by atoms with Gasteiger partial charge in [-0.05, 0) is 43.7 Å². The van der Waals surface area contributed by atoms with Gasteiger partial charge in [0.1, 0.15) is 5.75 Å². The predicted octanol–water partition coefficient (Wildman–Crippen LogP) is 4.01. The topological polar surface area (TPSA) is 21.3 Å². The lowest BCUT2D eigenvalue weighted by atomic mass is 10.2. The molecule has 2 rings (SSSR count). The zero-order valence-electron chi connectivity index (χ0n) is 10.9. The molecule has 0 bridgehead atoms. The van der Waals surface area contributed by atoms with Crippen molar-refractivity contribution in [3.05, 3.63) is 59.7 Å². The van der Waals surface area contributed by atoms with E-state index in [4.69, 9.17) is 4.74 Å². The van der Waals surface area contributed by atoms with E-state index >= 15 is 0 Å². The van der Waals surface area contributed by atoms with Crippen LogP contribution in [0.1, 0.15) is 18.1 Å². The maximum Gasteiger partial charge on any atom is 0.119 e. The van der Waals surface area contributed by atoms with Gasteiger partial charge in [0.2, 0.25) is 0 Å². The number of benzene rings is 2. The summed E-state index contributed by atoms with van der Waals surface area (Å²) in [5.74, 6) is 0.931. The smallest absolute Gasteiger partial charge is 0.119 e. The summed E-state index contributed by atoms with van der Waals surface area (Å²) in [5, 5.41) is 3.40. The Morgan fingerprint density at radius 2 is 1.83 bits per heavy atom. The molecule has 94 valence electrons. The Hall–Kier alpha value is -1.96. The van der Waals surface area contributed by atoms with E-state index in [1.54, 1.807) is 0 Å². The van der Waals surface area contributed by atoms with E-state index in [0.29, 0.717) is 6.61 Å². The molecule has 2 aromatic carbocycles. The van der Waals surface area contributed by atoms with E-state index in [1.165, 1.54) is 11.1 Å². The number of anilines is 1. The van der Waals surface area contributed by atoms with Crippen LogP contribution in [0.2, 0.25) is 0 Å². The van der Waals surface area contributed by atoms with E-state index in [9.17, 15) is 0 Å². The number of aryl methyl sites for hydroxylation is 1. The molecular weight excluding hydrogens is 222 g/mol. The van der Waals surface area contributed by atoms with Crippen LogP contribution in [0, 0.1) is 6.92 Å². The van der Waals surface area contributed by atoms with Crippen LogP contribution in [0.25, 0.3) is 0 Å². The Balaban J connectivity index is 1.97. The lowest BCUT2D eigenvalue weighted by Gasteiger charge is -2.09. The summed E-state index contributed by atoms with van der Waals surface area (Å²) < 4.78 is 5.49. The van der Waals surface area contributed by atoms with Crippen LogP contribution in [0.4, 0.5) is 5.69 Å². The van der Waals surface area contributed by atoms with Crippen LogP contribution in [0.3, 0.4) is 0 Å². The molecule has 0 aromatic heterocycles. The molecule has 2 nitrogen and oxygen atoms in total. The molecule has 0 heterocycles. The molecule has 18 heavy (non-hydrogen) atoms. The number of hydrogen-bond acceptors (Lipinski definition) is 2. The highest BCUT2D eigenvalue weighted by molar-refractivity contribution is 5.45. The fraction of sp³-hybridized carbons (Fsp3) is 0.250. The van der Waals surface area contributed by atoms with Gasteiger partial charge in [0.15, 0.2) is 0 Å². The quantitative estimate of drug-likeness (QED) is 0.854. The van der Waals surface area contributed by atoms with Crippen molar-refractivity contribution in [1.82, 2.24) is 0 Å². The number of ether oxygens (including phenoxy) is 1. The summed E-state index contributed by atoms with van der Waals surface area (Å²) in [7, 11) is 0. The molecule has 1 N–H and O–H groups in total. The molecule has 0 amide bonds. The monoisotopic (exact) mass is 241 g/mol. The van der Waals surface area contributed by atoms with Gasteiger partial charge < -0.3 is 10.1 Å². The van der Waals surface area contributed by atoms with Crippen molar-refractivity contribution in [3.63, 3.8) is 0 Å². The molecule has 2 heteroatoms. The maximum atomic E-state index is 5.49. The second-order valence-electron chi connectivity index (χ2n) is 4.30. The second-order valence-corrected chi connectivity index (χ2v) is 4.30. The van der Waals surface area contributed by atoms with E-state index < -0.39 is 0 Å². The van der Waals surface area contributed by atoms with Gasteiger partial charge in [-0.2, -0.15) is 0 Å². The first kappa shape index (κ1) is 12.5. The third kappa shape index (κ3) is 3.52. The van der Waals surface area contributed by atoms with E-state index in [-0.39, 0.29) is 0 Å². The normalized spacial score (nSPS) is 10.1. The third-order valence-corrected chi connectivity index (χ3v) is 2.76. The van der Waals surface area contributed by atoms with Crippen LogP contribution in [0.5, 0.6) is 5.75 Å². The van der Waals surface area contributed by atoms with Gasteiger partial charge in [-0.25, -0.2) is 0 Å². The van der Waals surface area contributed by atoms with Gasteiger partial charge >= 0.3 is 0 Å². The fourth-order valence-corrected chi connectivity index (χ4v) is 1.79. The van der Waals surface area contributed by atoms with E-state index in [2.05, 4.69) is 48.6 Å². The molecule has 0 aliphatic heterocycles. The summed E-state index contributed by atoms with van der Waals surface area (Å²) in [6.45, 7) is 5.60. The van der Waals surface area contributed by atoms with Crippen LogP contribution >= 0.6 is 0 Å². The van der Waals surface area contributed by atoms with Crippen molar-refractivity contribution in [1.29, 1.82) is 0 Å². The Labute approximate surface area is 109 Å². The van der Waals surface area contributed by atoms with Crippen LogP contribution in [-0.2, 0) is 6.54 Å². The lowest BCUT2D eigenvalue weighted by molar-refractivity contribution is 0.340. The minimum Gasteiger partial charge on any atom is -0.494 e. The standard InChI is InChI=1S/C16H19NO/c1-3-18-16-6-4-5-14(11-16)12-17-15-9-7-13(2)8-10-15/h4-11,17H,3,12H2,1-2H3. The number of rotatable bonds is 5. The summed E-state index contributed by atoms with van der Waals surface area (Å²) in [5.41, 5.74) is 3.64. The SMILES string of the molecule is CCOc1cccc(CNc2ccc(C)cc2)c1. The van der Waals surface area contributed by atoms with Crippen molar-refractivity contribution in [2.75, 3.05) is 11.9 Å². The van der Waals surface area contributed by atoms with Crippen molar-refractivity contribution in [3.8, 4) is 5.75 Å². The Morgan fingerprint density at radius 1 is 1.06 bits per heavy atom. The van der Waals surface area contributed by atoms with Crippen LogP contribution < -0.4 is 10.1 Å². The maximum absolute atomic E-state index is 5.49. The van der Waals surface area contributed by atoms with Crippen LogP contribution in [-0.4, -0.2) is 6.61 Å². The molecule has 0 saturated heterocycles. The molecule has 0 unspecified atom stereocenters. The molecule has 0 radical (unpaired) electrons. The second kappa shape index (κ2) is 6.10. The summed E-state index contributed by atoms with van der Waals surface area (Å²) in [6, 6.07) is 16.6. The summed E-state index contributed by atoms with van der Waals surface area (Å²) >= 11 is 0. The lowest BCUT2D eigenvalue weighted by Crippen LogP contribution is -2.00. The van der Waals surface area contributed by atoms with Gasteiger partial charge in [-0.15, -0.1) is 0 Å². The number of nitrogens with one attached hydrogen (secondary N) is 1. The van der Waals surface area contributed by atoms with Crippen molar-refractivity contribution in [2.45, 2.75) is 20.4 Å². The van der Waals surface area contributed by atoms with Gasteiger partial charge in [0.05, 0.1) is 6.61 Å². The average Bonchev–Trinajstić information content (AvgIpc) is 2.39. The van der Waals surface area contributed by atoms with Crippen LogP contribution in [0.15, 0.2) is 48.5 Å². The zero-order valence-corrected chi connectivity index (χ0v) is 10.9. The van der Waals surface area contributed by atoms with Crippen molar-refractivity contribution >= 4 is 5.69 Å². The third-order valence-electron chi connectivity index (χ3n) is 2.76. The largest absolute Gasteiger partial charge is 0.494 e. The van der Waals surface area contributed by atoms with Gasteiger partial charge in [-0.3, -0.25) is 0 Å². The highest BCUT2D eigenvalue weighted by Gasteiger charge is 1.97. The van der Waals surface area contributed by atoms with Crippen molar-refractivity contribution < 1.29 is 4.74 Å².